The Morgan fingerprint density at radius 2 is 1.81 bits per heavy atom. The first-order chi connectivity index (χ1) is 12.4. The second-order valence-corrected chi connectivity index (χ2v) is 7.96. The normalized spacial score (nSPS) is 18.8. The van der Waals surface area contributed by atoms with E-state index in [4.69, 9.17) is 9.31 Å². The summed E-state index contributed by atoms with van der Waals surface area (Å²) in [4.78, 5) is 24.9. The summed E-state index contributed by atoms with van der Waals surface area (Å²) >= 11 is 0. The maximum Gasteiger partial charge on any atom is 0.623 e. The summed E-state index contributed by atoms with van der Waals surface area (Å²) in [6, 6.07) is 0. The number of carbonyl (C=O) groups excluding carboxylic acids is 2. The fourth-order valence-electron chi connectivity index (χ4n) is 2.16. The minimum absolute atomic E-state index is 0.298. The number of likely N-dealkylation sites (N-methyl/N-ethyl adjacent to an activating group) is 1. The maximum atomic E-state index is 12.4. The predicted octanol–water partition coefficient (Wildman–Crippen LogP) is 0.642. The summed E-state index contributed by atoms with van der Waals surface area (Å²) in [6.07, 6.45) is -0.278. The number of nitrogens with one attached hydrogen (secondary N) is 1. The van der Waals surface area contributed by atoms with E-state index < -0.39 is 47.0 Å². The van der Waals surface area contributed by atoms with Gasteiger partial charge in [0.25, 0.3) is 0 Å². The monoisotopic (exact) mass is 414 g/mol. The van der Waals surface area contributed by atoms with E-state index in [0.717, 1.165) is 12.5 Å². The zero-order valence-electron chi connectivity index (χ0n) is 15.0. The molecular weight excluding hydrogens is 392 g/mol. The molecule has 0 amide bonds. The van der Waals surface area contributed by atoms with Gasteiger partial charge in [0, 0.05) is 0 Å². The van der Waals surface area contributed by atoms with Crippen molar-refractivity contribution in [3.05, 3.63) is 12.2 Å². The lowest BCUT2D eigenvalue weighted by Crippen LogP contribution is -2.52. The lowest BCUT2D eigenvalue weighted by atomic mass is 9.83. The molecule has 1 unspecified atom stereocenters. The molecule has 1 N–H and O–H groups in total. The number of sulfonamides is 1. The van der Waals surface area contributed by atoms with Crippen LogP contribution in [-0.4, -0.2) is 70.4 Å². The van der Waals surface area contributed by atoms with Gasteiger partial charge in [-0.3, -0.25) is 14.5 Å². The molecule has 1 atom stereocenters. The van der Waals surface area contributed by atoms with E-state index in [2.05, 4.69) is 0 Å². The Bertz CT molecular complexity index is 636. The van der Waals surface area contributed by atoms with Gasteiger partial charge in [-0.25, -0.2) is 13.1 Å². The van der Waals surface area contributed by atoms with Crippen molar-refractivity contribution in [3.63, 3.8) is 0 Å². The third kappa shape index (κ3) is 8.76. The number of rotatable bonds is 8. The topological polar surface area (TPSA) is 102 Å². The molecule has 1 aliphatic rings. The minimum atomic E-state index is -4.78. The molecule has 27 heavy (non-hydrogen) atoms. The molecule has 1 saturated heterocycles. The van der Waals surface area contributed by atoms with E-state index in [1.54, 1.807) is 0 Å². The highest BCUT2D eigenvalue weighted by molar-refractivity contribution is 7.91. The number of carbonyl (C=O) groups is 2. The van der Waals surface area contributed by atoms with E-state index in [1.165, 1.54) is 22.7 Å². The zero-order chi connectivity index (χ0) is 20.7. The molecule has 0 spiro atoms. The highest BCUT2D eigenvalue weighted by Gasteiger charge is 2.46. The number of hydrogen-bond acceptors (Lipinski definition) is 7. The van der Waals surface area contributed by atoms with E-state index >= 15 is 0 Å². The van der Waals surface area contributed by atoms with Crippen molar-refractivity contribution in [1.29, 1.82) is 0 Å². The van der Waals surface area contributed by atoms with Crippen molar-refractivity contribution in [3.8, 4) is 0 Å². The van der Waals surface area contributed by atoms with E-state index in [9.17, 15) is 31.2 Å². The zero-order valence-corrected chi connectivity index (χ0v) is 15.8. The van der Waals surface area contributed by atoms with Crippen LogP contribution in [-0.2, 0) is 28.9 Å². The SMILES string of the molecule is CCCC/C=C/C(B1OC(=O)CN(C)CC(=O)O1)S(=O)(=O)NCC(F)(F)F. The van der Waals surface area contributed by atoms with Crippen LogP contribution in [0.1, 0.15) is 26.2 Å². The number of allylic oxidation sites excluding steroid dienone is 1. The van der Waals surface area contributed by atoms with Gasteiger partial charge in [0.05, 0.1) is 13.1 Å². The summed E-state index contributed by atoms with van der Waals surface area (Å²) in [7, 11) is -5.09. The number of hydrogen-bond donors (Lipinski definition) is 1. The van der Waals surface area contributed by atoms with Crippen molar-refractivity contribution < 1.29 is 40.5 Å². The molecule has 0 aromatic heterocycles. The van der Waals surface area contributed by atoms with Crippen LogP contribution in [0.4, 0.5) is 13.2 Å². The number of alkyl halides is 3. The Morgan fingerprint density at radius 1 is 1.26 bits per heavy atom. The Hall–Kier alpha value is -1.60. The molecular formula is C14H22BF3N2O6S. The quantitative estimate of drug-likeness (QED) is 0.353. The van der Waals surface area contributed by atoms with Gasteiger partial charge < -0.3 is 9.31 Å². The van der Waals surface area contributed by atoms with Crippen molar-refractivity contribution in [2.75, 3.05) is 26.7 Å². The molecule has 0 radical (unpaired) electrons. The lowest BCUT2D eigenvalue weighted by Gasteiger charge is -2.25. The minimum Gasteiger partial charge on any atom is -0.497 e. The second kappa shape index (κ2) is 10.1. The van der Waals surface area contributed by atoms with Crippen molar-refractivity contribution in [1.82, 2.24) is 9.62 Å². The standard InChI is InChI=1S/C14H22BF3N2O6S/c1-3-4-5-6-7-11(27(23,24)19-10-14(16,17)18)15-25-12(21)8-20(2)9-13(22)26-15/h6-7,11,19H,3-5,8-10H2,1-2H3/b7-6+. The van der Waals surface area contributed by atoms with E-state index in [-0.39, 0.29) is 13.1 Å². The van der Waals surface area contributed by atoms with Crippen LogP contribution in [0, 0.1) is 0 Å². The third-order valence-corrected chi connectivity index (χ3v) is 5.09. The van der Waals surface area contributed by atoms with Gasteiger partial charge >= 0.3 is 25.2 Å². The van der Waals surface area contributed by atoms with E-state index in [0.29, 0.717) is 12.8 Å². The molecule has 1 aliphatic heterocycles. The average Bonchev–Trinajstić information content (AvgIpc) is 2.50. The van der Waals surface area contributed by atoms with Gasteiger partial charge in [-0.05, 0) is 13.5 Å². The van der Waals surface area contributed by atoms with Gasteiger partial charge in [-0.15, -0.1) is 0 Å². The van der Waals surface area contributed by atoms with Crippen LogP contribution in [0.3, 0.4) is 0 Å². The van der Waals surface area contributed by atoms with Crippen molar-refractivity contribution in [2.45, 2.75) is 37.5 Å². The van der Waals surface area contributed by atoms with Gasteiger partial charge in [0.1, 0.15) is 6.54 Å². The van der Waals surface area contributed by atoms with Crippen molar-refractivity contribution >= 4 is 29.1 Å². The molecule has 1 fully saturated rings. The molecule has 0 aliphatic carbocycles. The highest BCUT2D eigenvalue weighted by Crippen LogP contribution is 2.17. The van der Waals surface area contributed by atoms with Gasteiger partial charge in [0.2, 0.25) is 10.0 Å². The molecule has 0 bridgehead atoms. The molecule has 154 valence electrons. The first kappa shape index (κ1) is 23.4. The van der Waals surface area contributed by atoms with E-state index in [1.807, 2.05) is 6.92 Å². The Balaban J connectivity index is 3.09. The fraction of sp³-hybridized carbons (Fsp3) is 0.714. The molecule has 8 nitrogen and oxygen atoms in total. The maximum absolute atomic E-state index is 12.4. The Labute approximate surface area is 156 Å². The largest absolute Gasteiger partial charge is 0.623 e. The van der Waals surface area contributed by atoms with Crippen LogP contribution >= 0.6 is 0 Å². The van der Waals surface area contributed by atoms with Crippen molar-refractivity contribution in [2.24, 2.45) is 0 Å². The van der Waals surface area contributed by atoms with Crippen LogP contribution in [0.5, 0.6) is 0 Å². The molecule has 0 saturated carbocycles. The smallest absolute Gasteiger partial charge is 0.497 e. The van der Waals surface area contributed by atoms with Gasteiger partial charge in [0.15, 0.2) is 5.15 Å². The van der Waals surface area contributed by atoms with Crippen LogP contribution < -0.4 is 4.72 Å². The highest BCUT2D eigenvalue weighted by atomic mass is 32.2. The number of unbranched alkanes of at least 4 members (excludes halogenated alkanes) is 2. The Morgan fingerprint density at radius 3 is 2.30 bits per heavy atom. The number of halogens is 3. The summed E-state index contributed by atoms with van der Waals surface area (Å²) in [6.45, 7) is -0.490. The lowest BCUT2D eigenvalue weighted by molar-refractivity contribution is -0.145. The molecule has 1 heterocycles. The average molecular weight is 414 g/mol. The molecule has 0 aromatic rings. The second-order valence-electron chi connectivity index (χ2n) is 6.04. The first-order valence-electron chi connectivity index (χ1n) is 8.24. The van der Waals surface area contributed by atoms with Crippen LogP contribution in [0.15, 0.2) is 12.2 Å². The summed E-state index contributed by atoms with van der Waals surface area (Å²) < 4.78 is 73.2. The summed E-state index contributed by atoms with van der Waals surface area (Å²) in [5.74, 6) is -1.74. The molecule has 0 aromatic carbocycles. The summed E-state index contributed by atoms with van der Waals surface area (Å²) in [5, 5.41) is -1.81. The first-order valence-corrected chi connectivity index (χ1v) is 9.78. The number of nitrogens with zero attached hydrogens (tertiary/aromatic N) is 1. The molecule has 1 rings (SSSR count). The fourth-order valence-corrected chi connectivity index (χ4v) is 3.44. The third-order valence-electron chi connectivity index (χ3n) is 3.44. The van der Waals surface area contributed by atoms with Gasteiger partial charge in [-0.1, -0.05) is 31.9 Å². The van der Waals surface area contributed by atoms with Gasteiger partial charge in [-0.2, -0.15) is 13.2 Å². The van der Waals surface area contributed by atoms with Crippen LogP contribution in [0.25, 0.3) is 0 Å². The summed E-state index contributed by atoms with van der Waals surface area (Å²) in [5.41, 5.74) is 0. The Kier molecular flexibility index (Phi) is 8.76. The van der Waals surface area contributed by atoms with Crippen LogP contribution in [0.2, 0.25) is 0 Å². The molecule has 13 heteroatoms. The predicted molar refractivity (Wildman–Crippen MR) is 90.9 cm³/mol.